The average Bonchev–Trinajstić information content (AvgIpc) is 2.63. The first kappa shape index (κ1) is 27.2. The Morgan fingerprint density at radius 3 is 2.07 bits per heavy atom. The van der Waals surface area contributed by atoms with Crippen molar-refractivity contribution in [3.05, 3.63) is 47.6 Å². The van der Waals surface area contributed by atoms with Crippen LogP contribution in [0.1, 0.15) is 67.2 Å². The number of rotatable bonds is 14. The fourth-order valence-corrected chi connectivity index (χ4v) is 3.59. The summed E-state index contributed by atoms with van der Waals surface area (Å²) in [7, 11) is 0. The van der Waals surface area contributed by atoms with E-state index in [-0.39, 0.29) is 17.9 Å². The van der Waals surface area contributed by atoms with Crippen molar-refractivity contribution in [1.82, 2.24) is 10.6 Å². The highest BCUT2D eigenvalue weighted by Gasteiger charge is 2.16. The molecule has 0 aromatic rings. The Labute approximate surface area is 182 Å². The molecule has 0 fully saturated rings. The molecule has 2 N–H and O–H groups in total. The molecule has 2 unspecified atom stereocenters. The molecule has 5 heteroatoms. The van der Waals surface area contributed by atoms with Gasteiger partial charge in [0.15, 0.2) is 0 Å². The number of nitrogens with one attached hydrogen (secondary N) is 2. The standard InChI is InChI=1S/C24H40N2O2S/c1-8-23(26-24(28)21(6)25-22(7)27)17-29-16-15-20(5)14-10-13-19(4)12-9-11-18(2)3/h8,11,13,15,21,23H,1,9-10,12,14,16-17H2,2-7H3,(H,25,27)(H,26,28)/b19-13+,20-15+. The molecule has 0 aliphatic rings. The van der Waals surface area contributed by atoms with Gasteiger partial charge >= 0.3 is 0 Å². The van der Waals surface area contributed by atoms with Gasteiger partial charge in [0.05, 0.1) is 6.04 Å². The second-order valence-electron chi connectivity index (χ2n) is 7.77. The molecule has 0 saturated carbocycles. The van der Waals surface area contributed by atoms with Crippen molar-refractivity contribution < 1.29 is 9.59 Å². The molecule has 164 valence electrons. The largest absolute Gasteiger partial charge is 0.347 e. The van der Waals surface area contributed by atoms with E-state index in [1.54, 1.807) is 24.8 Å². The van der Waals surface area contributed by atoms with Crippen LogP contribution >= 0.6 is 11.8 Å². The fourth-order valence-electron chi connectivity index (χ4n) is 2.58. The Morgan fingerprint density at radius 1 is 0.931 bits per heavy atom. The zero-order valence-electron chi connectivity index (χ0n) is 19.1. The number of allylic oxidation sites excluding steroid dienone is 5. The van der Waals surface area contributed by atoms with Crippen molar-refractivity contribution in [3.63, 3.8) is 0 Å². The van der Waals surface area contributed by atoms with E-state index in [4.69, 9.17) is 0 Å². The van der Waals surface area contributed by atoms with Crippen LogP contribution in [0.15, 0.2) is 47.6 Å². The topological polar surface area (TPSA) is 58.2 Å². The predicted octanol–water partition coefficient (Wildman–Crippen LogP) is 5.33. The summed E-state index contributed by atoms with van der Waals surface area (Å²) in [5, 5.41) is 5.49. The molecular weight excluding hydrogens is 380 g/mol. The lowest BCUT2D eigenvalue weighted by molar-refractivity contribution is -0.127. The highest BCUT2D eigenvalue weighted by Crippen LogP contribution is 2.13. The molecule has 0 spiro atoms. The third-order valence-electron chi connectivity index (χ3n) is 4.40. The van der Waals surface area contributed by atoms with E-state index in [1.165, 1.54) is 23.6 Å². The van der Waals surface area contributed by atoms with Gasteiger partial charge in [0.2, 0.25) is 11.8 Å². The number of hydrogen-bond donors (Lipinski definition) is 2. The molecule has 29 heavy (non-hydrogen) atoms. The maximum absolute atomic E-state index is 12.1. The molecule has 2 atom stereocenters. The highest BCUT2D eigenvalue weighted by molar-refractivity contribution is 7.99. The van der Waals surface area contributed by atoms with E-state index in [0.717, 1.165) is 37.2 Å². The van der Waals surface area contributed by atoms with Gasteiger partial charge in [0, 0.05) is 18.4 Å². The molecule has 0 aliphatic carbocycles. The molecule has 0 radical (unpaired) electrons. The maximum Gasteiger partial charge on any atom is 0.242 e. The van der Waals surface area contributed by atoms with Crippen LogP contribution in [0.4, 0.5) is 0 Å². The van der Waals surface area contributed by atoms with Crippen LogP contribution in [0.25, 0.3) is 0 Å². The van der Waals surface area contributed by atoms with Crippen LogP contribution in [0.2, 0.25) is 0 Å². The Balaban J connectivity index is 4.16. The zero-order chi connectivity index (χ0) is 22.2. The molecule has 0 aromatic heterocycles. The number of amides is 2. The minimum absolute atomic E-state index is 0.108. The second-order valence-corrected chi connectivity index (χ2v) is 8.85. The predicted molar refractivity (Wildman–Crippen MR) is 128 cm³/mol. The lowest BCUT2D eigenvalue weighted by atomic mass is 10.1. The van der Waals surface area contributed by atoms with Crippen LogP contribution in [0, 0.1) is 0 Å². The third-order valence-corrected chi connectivity index (χ3v) is 5.39. The lowest BCUT2D eigenvalue weighted by Gasteiger charge is -2.18. The van der Waals surface area contributed by atoms with Gasteiger partial charge in [0.25, 0.3) is 0 Å². The molecular formula is C24H40N2O2S. The minimum atomic E-state index is -0.541. The van der Waals surface area contributed by atoms with Crippen molar-refractivity contribution in [3.8, 4) is 0 Å². The van der Waals surface area contributed by atoms with Crippen LogP contribution in [0.5, 0.6) is 0 Å². The first-order valence-electron chi connectivity index (χ1n) is 10.4. The number of carbonyl (C=O) groups excluding carboxylic acids is 2. The normalized spacial score (nSPS) is 14.0. The first-order valence-corrected chi connectivity index (χ1v) is 11.5. The smallest absolute Gasteiger partial charge is 0.242 e. The van der Waals surface area contributed by atoms with E-state index in [1.807, 2.05) is 0 Å². The van der Waals surface area contributed by atoms with Gasteiger partial charge in [-0.3, -0.25) is 9.59 Å². The summed E-state index contributed by atoms with van der Waals surface area (Å²) in [5.74, 6) is 1.27. The van der Waals surface area contributed by atoms with Gasteiger partial charge in [-0.2, -0.15) is 11.8 Å². The van der Waals surface area contributed by atoms with Gasteiger partial charge in [0.1, 0.15) is 6.04 Å². The molecule has 4 nitrogen and oxygen atoms in total. The van der Waals surface area contributed by atoms with Gasteiger partial charge in [-0.05, 0) is 60.3 Å². The number of carbonyl (C=O) groups is 2. The van der Waals surface area contributed by atoms with E-state index in [9.17, 15) is 9.59 Å². The number of thioether (sulfide) groups is 1. The van der Waals surface area contributed by atoms with Crippen LogP contribution in [-0.4, -0.2) is 35.4 Å². The van der Waals surface area contributed by atoms with Gasteiger partial charge in [-0.15, -0.1) is 6.58 Å². The molecule has 0 aromatic carbocycles. The van der Waals surface area contributed by atoms with Crippen LogP contribution < -0.4 is 10.6 Å². The third kappa shape index (κ3) is 15.8. The zero-order valence-corrected chi connectivity index (χ0v) is 20.0. The summed E-state index contributed by atoms with van der Waals surface area (Å²) in [6, 6.07) is -0.649. The first-order chi connectivity index (χ1) is 13.6. The minimum Gasteiger partial charge on any atom is -0.347 e. The fraction of sp³-hybridized carbons (Fsp3) is 0.583. The lowest BCUT2D eigenvalue weighted by Crippen LogP contribution is -2.47. The average molecular weight is 421 g/mol. The Kier molecular flexibility index (Phi) is 15.1. The van der Waals surface area contributed by atoms with Crippen LogP contribution in [-0.2, 0) is 9.59 Å². The summed E-state index contributed by atoms with van der Waals surface area (Å²) < 4.78 is 0. The number of hydrogen-bond acceptors (Lipinski definition) is 3. The van der Waals surface area contributed by atoms with Crippen molar-refractivity contribution in [2.45, 2.75) is 79.3 Å². The summed E-state index contributed by atoms with van der Waals surface area (Å²) in [5.41, 5.74) is 4.24. The van der Waals surface area contributed by atoms with E-state index in [2.05, 4.69) is 63.1 Å². The highest BCUT2D eigenvalue weighted by atomic mass is 32.2. The molecule has 0 rings (SSSR count). The molecule has 2 amide bonds. The van der Waals surface area contributed by atoms with Crippen molar-refractivity contribution in [1.29, 1.82) is 0 Å². The Bertz CT molecular complexity index is 616. The van der Waals surface area contributed by atoms with Gasteiger partial charge in [-0.1, -0.05) is 41.0 Å². The molecule has 0 saturated heterocycles. The quantitative estimate of drug-likeness (QED) is 0.295. The van der Waals surface area contributed by atoms with Crippen molar-refractivity contribution in [2.24, 2.45) is 0 Å². The maximum atomic E-state index is 12.1. The molecule has 0 bridgehead atoms. The summed E-state index contributed by atoms with van der Waals surface area (Å²) in [6.45, 7) is 15.5. The summed E-state index contributed by atoms with van der Waals surface area (Å²) >= 11 is 1.76. The Morgan fingerprint density at radius 2 is 1.52 bits per heavy atom. The monoisotopic (exact) mass is 420 g/mol. The van der Waals surface area contributed by atoms with Gasteiger partial charge in [-0.25, -0.2) is 0 Å². The van der Waals surface area contributed by atoms with Gasteiger partial charge < -0.3 is 10.6 Å². The van der Waals surface area contributed by atoms with Crippen molar-refractivity contribution in [2.75, 3.05) is 11.5 Å². The van der Waals surface area contributed by atoms with Crippen molar-refractivity contribution >= 4 is 23.6 Å². The second kappa shape index (κ2) is 16.1. The summed E-state index contributed by atoms with van der Waals surface area (Å²) in [6.07, 6.45) is 13.1. The van der Waals surface area contributed by atoms with E-state index < -0.39 is 6.04 Å². The summed E-state index contributed by atoms with van der Waals surface area (Å²) in [4.78, 5) is 23.1. The molecule has 0 heterocycles. The molecule has 0 aliphatic heterocycles. The van der Waals surface area contributed by atoms with E-state index in [0.29, 0.717) is 0 Å². The Hall–Kier alpha value is -1.75. The van der Waals surface area contributed by atoms with Crippen LogP contribution in [0.3, 0.4) is 0 Å². The van der Waals surface area contributed by atoms with E-state index >= 15 is 0 Å². The SMILES string of the molecule is C=CC(CSC/C=C(\C)CC/C=C(\C)CCC=C(C)C)NC(=O)C(C)NC(C)=O.